The molecule has 8 aromatic rings. The van der Waals surface area contributed by atoms with Gasteiger partial charge in [0.25, 0.3) is 0 Å². The van der Waals surface area contributed by atoms with E-state index in [9.17, 15) is 25.4 Å². The summed E-state index contributed by atoms with van der Waals surface area (Å²) in [4.78, 5) is 28.1. The van der Waals surface area contributed by atoms with Gasteiger partial charge in [0.05, 0.1) is 65.5 Å². The first-order chi connectivity index (χ1) is 37.6. The highest BCUT2D eigenvalue weighted by atomic mass is 79.9. The van der Waals surface area contributed by atoms with Gasteiger partial charge >= 0.3 is 12.1 Å². The summed E-state index contributed by atoms with van der Waals surface area (Å²) in [5.74, 6) is 1.81. The van der Waals surface area contributed by atoms with Crippen LogP contribution in [-0.4, -0.2) is 83.9 Å². The van der Waals surface area contributed by atoms with E-state index in [4.69, 9.17) is 28.5 Å². The fourth-order valence-corrected chi connectivity index (χ4v) is 8.28. The first-order valence-corrected chi connectivity index (χ1v) is 26.8. The third-order valence-corrected chi connectivity index (χ3v) is 12.4. The Morgan fingerprint density at radius 3 is 1.40 bits per heavy atom. The number of hydrogen-bond donors (Lipinski definition) is 1. The molecule has 382 valence electrons. The summed E-state index contributed by atoms with van der Waals surface area (Å²) in [5, 5.41) is 60.6. The minimum absolute atomic E-state index is 0.142. The zero-order valence-electron chi connectivity index (χ0n) is 40.9. The summed E-state index contributed by atoms with van der Waals surface area (Å²) in [6.07, 6.45) is 6.25. The fraction of sp³-hybridized carbons (Fsp3) is 0.123. The smallest absolute Gasteiger partial charge is 0.306 e. The largest absolute Gasteiger partial charge is 0.345 e. The summed E-state index contributed by atoms with van der Waals surface area (Å²) < 4.78 is 3.29. The van der Waals surface area contributed by atoms with Crippen molar-refractivity contribution in [3.8, 4) is 46.5 Å². The van der Waals surface area contributed by atoms with E-state index in [0.717, 1.165) is 33.4 Å². The molecule has 77 heavy (non-hydrogen) atoms. The number of amides is 4. The maximum Gasteiger partial charge on any atom is 0.345 e. The van der Waals surface area contributed by atoms with Crippen LogP contribution in [0, 0.1) is 45.3 Å². The topological polar surface area (TPSA) is 211 Å². The summed E-state index contributed by atoms with van der Waals surface area (Å²) in [5.41, 5.74) is 9.21. The van der Waals surface area contributed by atoms with E-state index in [2.05, 4.69) is 75.8 Å². The molecule has 0 spiro atoms. The van der Waals surface area contributed by atoms with Crippen LogP contribution in [0.25, 0.3) is 22.3 Å². The maximum absolute atomic E-state index is 13.7. The molecule has 0 radical (unpaired) electrons. The Kier molecular flexibility index (Phi) is 20.0. The summed E-state index contributed by atoms with van der Waals surface area (Å²) in [7, 11) is 0. The number of nitriles is 4. The minimum Gasteiger partial charge on any atom is -0.306 e. The third-order valence-electron chi connectivity index (χ3n) is 11.7. The van der Waals surface area contributed by atoms with E-state index in [1.165, 1.54) is 27.3 Å². The van der Waals surface area contributed by atoms with E-state index in [0.29, 0.717) is 49.3 Å². The number of benzene rings is 6. The molecule has 4 heterocycles. The van der Waals surface area contributed by atoms with Crippen molar-refractivity contribution in [2.45, 2.75) is 12.1 Å². The van der Waals surface area contributed by atoms with Gasteiger partial charge in [0.2, 0.25) is 0 Å². The van der Waals surface area contributed by atoms with E-state index in [-0.39, 0.29) is 31.7 Å². The van der Waals surface area contributed by atoms with Crippen molar-refractivity contribution in [2.75, 3.05) is 41.0 Å². The highest BCUT2D eigenvalue weighted by Gasteiger charge is 2.36. The van der Waals surface area contributed by atoms with Crippen molar-refractivity contribution >= 4 is 89.9 Å². The second kappa shape index (κ2) is 27.6. The Hall–Kier alpha value is -8.88. The van der Waals surface area contributed by atoms with Gasteiger partial charge in [0, 0.05) is 44.9 Å². The van der Waals surface area contributed by atoms with Crippen LogP contribution in [0.3, 0.4) is 0 Å². The van der Waals surface area contributed by atoms with Gasteiger partial charge < -0.3 is 5.32 Å². The SMILES string of the molecule is CBr.N#CCBr.N#CCN(C(=O)N1CC(n2cc(C#N)cn2)C(c2ccc(Cl)cc2)=N1)c1ccc(-c2ccccc2)cc1.N#Cc1cnn(C2CN(C(=O)Nc3ccc(-c4ccccc4)cc3)N=C2c2ccc(Cl)cc2)c1. The molecule has 0 saturated carbocycles. The van der Waals surface area contributed by atoms with Gasteiger partial charge in [-0.25, -0.2) is 19.6 Å². The normalized spacial score (nSPS) is 13.9. The van der Waals surface area contributed by atoms with Crippen molar-refractivity contribution in [3.63, 3.8) is 0 Å². The third kappa shape index (κ3) is 14.3. The molecule has 0 aliphatic carbocycles. The van der Waals surface area contributed by atoms with Crippen molar-refractivity contribution in [1.82, 2.24) is 29.6 Å². The lowest BCUT2D eigenvalue weighted by molar-refractivity contribution is 0.208. The molecule has 2 atom stereocenters. The predicted molar refractivity (Wildman–Crippen MR) is 307 cm³/mol. The van der Waals surface area contributed by atoms with Crippen molar-refractivity contribution in [1.29, 1.82) is 21.0 Å². The van der Waals surface area contributed by atoms with Gasteiger partial charge in [-0.3, -0.25) is 14.3 Å². The van der Waals surface area contributed by atoms with Gasteiger partial charge in [0.1, 0.15) is 30.8 Å². The lowest BCUT2D eigenvalue weighted by Crippen LogP contribution is -2.41. The molecule has 2 aromatic heterocycles. The summed E-state index contributed by atoms with van der Waals surface area (Å²) in [6, 6.07) is 56.0. The Morgan fingerprint density at radius 1 is 0.584 bits per heavy atom. The van der Waals surface area contributed by atoms with Crippen LogP contribution >= 0.6 is 55.1 Å². The van der Waals surface area contributed by atoms with Gasteiger partial charge in [-0.15, -0.1) is 0 Å². The van der Waals surface area contributed by atoms with Crippen LogP contribution in [0.2, 0.25) is 10.0 Å². The second-order valence-electron chi connectivity index (χ2n) is 16.4. The monoisotopic (exact) mass is 1180 g/mol. The summed E-state index contributed by atoms with van der Waals surface area (Å²) >= 11 is 17.9. The predicted octanol–water partition coefficient (Wildman–Crippen LogP) is 13.0. The van der Waals surface area contributed by atoms with Crippen molar-refractivity contribution in [3.05, 3.63) is 215 Å². The number of anilines is 2. The van der Waals surface area contributed by atoms with Crippen LogP contribution in [0.15, 0.2) is 193 Å². The summed E-state index contributed by atoms with van der Waals surface area (Å²) in [6.45, 7) is 0.322. The van der Waals surface area contributed by atoms with E-state index < -0.39 is 12.1 Å². The van der Waals surface area contributed by atoms with E-state index >= 15 is 0 Å². The Bertz CT molecular complexity index is 3510. The van der Waals surface area contributed by atoms with Gasteiger partial charge in [0.15, 0.2) is 0 Å². The quantitative estimate of drug-likeness (QED) is 0.108. The zero-order chi connectivity index (χ0) is 54.7. The second-order valence-corrected chi connectivity index (χ2v) is 17.9. The molecule has 20 heteroatoms. The number of carbonyl (C=O) groups is 2. The molecule has 0 saturated heterocycles. The molecule has 4 amide bonds. The number of nitrogens with zero attached hydrogens (tertiary/aromatic N) is 13. The van der Waals surface area contributed by atoms with Gasteiger partial charge in [-0.1, -0.05) is 164 Å². The molecule has 0 fully saturated rings. The molecule has 1 N–H and O–H groups in total. The lowest BCUT2D eigenvalue weighted by Gasteiger charge is -2.24. The molecular formula is C57H44Br2Cl2N14O2. The number of carbonyl (C=O) groups excluding carboxylic acids is 2. The highest BCUT2D eigenvalue weighted by molar-refractivity contribution is 9.09. The van der Waals surface area contributed by atoms with Crippen molar-refractivity contribution in [2.24, 2.45) is 10.2 Å². The maximum atomic E-state index is 13.7. The molecule has 10 rings (SSSR count). The number of nitrogens with one attached hydrogen (secondary N) is 1. The number of aromatic nitrogens is 4. The standard InChI is InChI=1S/C28H20ClN7O.C26H19ClN6O.C2H2BrN.CH3Br/c29-24-10-6-23(7-11-24)27-26(35-18-20(16-31)17-32-35)19-36(33-27)28(37)34(15-14-30)25-12-8-22(9-13-25)21-4-2-1-3-5-21;27-22-10-6-21(7-11-22)25-24(32-16-18(14-28)15-29-32)17-33(31-25)26(34)30-23-12-8-20(9-13-23)19-4-2-1-3-5-19;3-1-2-4;1-2/h1-13,17-18,26H,15,19H2;1-13,15-16,24H,17H2,(H,30,34);1H2;1H3. The zero-order valence-corrected chi connectivity index (χ0v) is 45.6. The number of hydrazone groups is 2. The molecular weight excluding hydrogens is 1140 g/mol. The number of hydrogen-bond acceptors (Lipinski definition) is 10. The highest BCUT2D eigenvalue weighted by Crippen LogP contribution is 2.30. The Labute approximate surface area is 471 Å². The van der Waals surface area contributed by atoms with E-state index in [1.807, 2.05) is 145 Å². The number of urea groups is 2. The van der Waals surface area contributed by atoms with Crippen LogP contribution < -0.4 is 10.2 Å². The first-order valence-electron chi connectivity index (χ1n) is 23.3. The average molecular weight is 1190 g/mol. The van der Waals surface area contributed by atoms with Gasteiger partial charge in [-0.05, 0) is 76.6 Å². The molecule has 2 unspecified atom stereocenters. The van der Waals surface area contributed by atoms with E-state index in [1.54, 1.807) is 46.0 Å². The molecule has 0 bridgehead atoms. The molecule has 2 aliphatic rings. The minimum atomic E-state index is -0.435. The average Bonchev–Trinajstić information content (AvgIpc) is 4.35. The van der Waals surface area contributed by atoms with Crippen molar-refractivity contribution < 1.29 is 9.59 Å². The number of halogens is 4. The van der Waals surface area contributed by atoms with Gasteiger partial charge in [-0.2, -0.15) is 41.4 Å². The molecule has 16 nitrogen and oxygen atoms in total. The lowest BCUT2D eigenvalue weighted by atomic mass is 10.0. The van der Waals surface area contributed by atoms with Crippen LogP contribution in [0.4, 0.5) is 21.0 Å². The first kappa shape index (κ1) is 55.9. The Morgan fingerprint density at radius 2 is 0.987 bits per heavy atom. The molecule has 2 aliphatic heterocycles. The van der Waals surface area contributed by atoms with Crippen LogP contribution in [0.5, 0.6) is 0 Å². The fourth-order valence-electron chi connectivity index (χ4n) is 8.03. The number of rotatable bonds is 9. The van der Waals surface area contributed by atoms with Crippen LogP contribution in [0.1, 0.15) is 34.3 Å². The Balaban J connectivity index is 0.000000204. The van der Waals surface area contributed by atoms with Crippen LogP contribution in [-0.2, 0) is 0 Å². The number of alkyl halides is 2. The molecule has 6 aromatic carbocycles.